The van der Waals surface area contributed by atoms with Gasteiger partial charge in [0.05, 0.1) is 17.7 Å². The van der Waals surface area contributed by atoms with Gasteiger partial charge in [-0.2, -0.15) is 0 Å². The van der Waals surface area contributed by atoms with Crippen LogP contribution < -0.4 is 5.32 Å². The van der Waals surface area contributed by atoms with E-state index in [0.29, 0.717) is 22.8 Å². The number of hydrogen-bond donors (Lipinski definition) is 2. The molecule has 1 aromatic heterocycles. The summed E-state index contributed by atoms with van der Waals surface area (Å²) in [7, 11) is 0. The maximum absolute atomic E-state index is 11.2. The van der Waals surface area contributed by atoms with Crippen LogP contribution in [-0.2, 0) is 12.0 Å². The lowest BCUT2D eigenvalue weighted by atomic mass is 10.0. The average Bonchev–Trinajstić information content (AvgIpc) is 3.00. The summed E-state index contributed by atoms with van der Waals surface area (Å²) in [6.45, 7) is 3.48. The van der Waals surface area contributed by atoms with Crippen LogP contribution in [0.1, 0.15) is 25.2 Å². The summed E-state index contributed by atoms with van der Waals surface area (Å²) >= 11 is 6.11. The van der Waals surface area contributed by atoms with Crippen LogP contribution in [0.2, 0.25) is 5.02 Å². The fourth-order valence-electron chi connectivity index (χ4n) is 2.11. The van der Waals surface area contributed by atoms with Crippen LogP contribution in [0.15, 0.2) is 34.9 Å². The zero-order chi connectivity index (χ0) is 16.3. The van der Waals surface area contributed by atoms with E-state index in [1.807, 2.05) is 6.92 Å². The Hall–Kier alpha value is -2.05. The highest BCUT2D eigenvalue weighted by molar-refractivity contribution is 6.31. The van der Waals surface area contributed by atoms with E-state index >= 15 is 0 Å². The number of halogens is 1. The minimum atomic E-state index is -1.30. The molecule has 0 aliphatic carbocycles. The van der Waals surface area contributed by atoms with Gasteiger partial charge < -0.3 is 14.8 Å². The molecule has 0 spiro atoms. The SMILES string of the molecule is CCc1cc([N+](=O)[O-])c(NC[C@](C)(O)c2ccco2)cc1Cl. The topological polar surface area (TPSA) is 88.5 Å². The van der Waals surface area contributed by atoms with E-state index in [0.717, 1.165) is 0 Å². The molecule has 2 rings (SSSR count). The number of nitrogens with one attached hydrogen (secondary N) is 1. The van der Waals surface area contributed by atoms with Crippen molar-refractivity contribution < 1.29 is 14.4 Å². The van der Waals surface area contributed by atoms with Crippen molar-refractivity contribution >= 4 is 23.0 Å². The summed E-state index contributed by atoms with van der Waals surface area (Å²) in [5, 5.41) is 24.9. The number of nitro benzene ring substituents is 1. The number of aliphatic hydroxyl groups is 1. The molecule has 1 heterocycles. The van der Waals surface area contributed by atoms with Gasteiger partial charge in [-0.05, 0) is 37.1 Å². The zero-order valence-electron chi connectivity index (χ0n) is 12.3. The molecule has 7 heteroatoms. The van der Waals surface area contributed by atoms with Crippen molar-refractivity contribution in [3.63, 3.8) is 0 Å². The lowest BCUT2D eigenvalue weighted by Gasteiger charge is -2.22. The molecule has 0 radical (unpaired) electrons. The summed E-state index contributed by atoms with van der Waals surface area (Å²) in [5.74, 6) is 0.374. The zero-order valence-corrected chi connectivity index (χ0v) is 13.1. The van der Waals surface area contributed by atoms with Gasteiger partial charge in [-0.3, -0.25) is 10.1 Å². The Morgan fingerprint density at radius 1 is 1.50 bits per heavy atom. The number of nitro groups is 1. The number of hydrogen-bond acceptors (Lipinski definition) is 5. The van der Waals surface area contributed by atoms with E-state index in [2.05, 4.69) is 5.32 Å². The first-order valence-electron chi connectivity index (χ1n) is 6.82. The second kappa shape index (κ2) is 6.37. The third-order valence-electron chi connectivity index (χ3n) is 3.42. The highest BCUT2D eigenvalue weighted by atomic mass is 35.5. The van der Waals surface area contributed by atoms with Crippen molar-refractivity contribution in [3.05, 3.63) is 57.0 Å². The number of benzene rings is 1. The van der Waals surface area contributed by atoms with Crippen molar-refractivity contribution in [2.75, 3.05) is 11.9 Å². The summed E-state index contributed by atoms with van der Waals surface area (Å²) in [6, 6.07) is 6.27. The van der Waals surface area contributed by atoms with Crippen LogP contribution in [0, 0.1) is 10.1 Å². The number of anilines is 1. The van der Waals surface area contributed by atoms with Crippen LogP contribution >= 0.6 is 11.6 Å². The fraction of sp³-hybridized carbons (Fsp3) is 0.333. The third-order valence-corrected chi connectivity index (χ3v) is 3.77. The maximum Gasteiger partial charge on any atom is 0.292 e. The molecule has 1 aromatic carbocycles. The second-order valence-electron chi connectivity index (χ2n) is 5.18. The van der Waals surface area contributed by atoms with Gasteiger partial charge in [0.15, 0.2) is 0 Å². The molecule has 0 saturated heterocycles. The monoisotopic (exact) mass is 324 g/mol. The first-order chi connectivity index (χ1) is 10.3. The Kier molecular flexibility index (Phi) is 4.73. The quantitative estimate of drug-likeness (QED) is 0.624. The smallest absolute Gasteiger partial charge is 0.292 e. The normalized spacial score (nSPS) is 13.6. The van der Waals surface area contributed by atoms with Gasteiger partial charge in [0, 0.05) is 11.1 Å². The van der Waals surface area contributed by atoms with E-state index in [4.69, 9.17) is 16.0 Å². The van der Waals surface area contributed by atoms with Gasteiger partial charge in [-0.15, -0.1) is 0 Å². The first-order valence-corrected chi connectivity index (χ1v) is 7.20. The lowest BCUT2D eigenvalue weighted by Crippen LogP contribution is -2.30. The van der Waals surface area contributed by atoms with E-state index in [-0.39, 0.29) is 17.9 Å². The molecule has 0 amide bonds. The third kappa shape index (κ3) is 3.40. The van der Waals surface area contributed by atoms with Crippen LogP contribution in [0.4, 0.5) is 11.4 Å². The lowest BCUT2D eigenvalue weighted by molar-refractivity contribution is -0.384. The Morgan fingerprint density at radius 2 is 2.23 bits per heavy atom. The predicted octanol–water partition coefficient (Wildman–Crippen LogP) is 3.72. The van der Waals surface area contributed by atoms with Crippen molar-refractivity contribution in [2.45, 2.75) is 25.9 Å². The Balaban J connectivity index is 2.26. The molecule has 0 unspecified atom stereocenters. The molecule has 0 bridgehead atoms. The molecule has 6 nitrogen and oxygen atoms in total. The van der Waals surface area contributed by atoms with E-state index in [1.165, 1.54) is 18.4 Å². The number of aryl methyl sites for hydroxylation is 1. The van der Waals surface area contributed by atoms with E-state index in [9.17, 15) is 15.2 Å². The molecule has 0 fully saturated rings. The molecule has 118 valence electrons. The number of furan rings is 1. The van der Waals surface area contributed by atoms with Crippen molar-refractivity contribution in [1.29, 1.82) is 0 Å². The molecule has 0 saturated carbocycles. The summed E-state index contributed by atoms with van der Waals surface area (Å²) in [5.41, 5.74) is -0.403. The largest absolute Gasteiger partial charge is 0.466 e. The van der Waals surface area contributed by atoms with Crippen LogP contribution in [0.5, 0.6) is 0 Å². The molecule has 2 N–H and O–H groups in total. The van der Waals surface area contributed by atoms with Gasteiger partial charge in [0.1, 0.15) is 17.0 Å². The van der Waals surface area contributed by atoms with Crippen LogP contribution in [0.25, 0.3) is 0 Å². The molecule has 22 heavy (non-hydrogen) atoms. The van der Waals surface area contributed by atoms with Gasteiger partial charge in [0.25, 0.3) is 5.69 Å². The maximum atomic E-state index is 11.2. The van der Waals surface area contributed by atoms with Crippen molar-refractivity contribution in [3.8, 4) is 0 Å². The van der Waals surface area contributed by atoms with Crippen molar-refractivity contribution in [2.24, 2.45) is 0 Å². The first kappa shape index (κ1) is 16.3. The van der Waals surface area contributed by atoms with Gasteiger partial charge >= 0.3 is 0 Å². The van der Waals surface area contributed by atoms with Crippen molar-refractivity contribution in [1.82, 2.24) is 0 Å². The molecule has 0 aliphatic heterocycles. The number of nitrogens with zero attached hydrogens (tertiary/aromatic N) is 1. The summed E-state index contributed by atoms with van der Waals surface area (Å²) in [6.07, 6.45) is 2.06. The van der Waals surface area contributed by atoms with Gasteiger partial charge in [-0.1, -0.05) is 18.5 Å². The van der Waals surface area contributed by atoms with Gasteiger partial charge in [-0.25, -0.2) is 0 Å². The molecule has 1 atom stereocenters. The molecule has 2 aromatic rings. The molecular weight excluding hydrogens is 308 g/mol. The standard InChI is InChI=1S/C15H17ClN2O4/c1-3-10-7-13(18(20)21)12(8-11(10)16)17-9-15(2,19)14-5-4-6-22-14/h4-8,17,19H,3,9H2,1-2H3/t15-/m0/s1. The minimum Gasteiger partial charge on any atom is -0.466 e. The Bertz CT molecular complexity index is 668. The number of rotatable bonds is 6. The Labute approximate surface area is 132 Å². The highest BCUT2D eigenvalue weighted by Crippen LogP contribution is 2.32. The average molecular weight is 325 g/mol. The van der Waals surface area contributed by atoms with E-state index < -0.39 is 10.5 Å². The van der Waals surface area contributed by atoms with E-state index in [1.54, 1.807) is 19.1 Å². The Morgan fingerprint density at radius 3 is 2.77 bits per heavy atom. The van der Waals surface area contributed by atoms with Crippen LogP contribution in [0.3, 0.4) is 0 Å². The minimum absolute atomic E-state index is 0.0448. The fourth-order valence-corrected chi connectivity index (χ4v) is 2.41. The highest BCUT2D eigenvalue weighted by Gasteiger charge is 2.27. The summed E-state index contributed by atoms with van der Waals surface area (Å²) in [4.78, 5) is 10.7. The molecule has 0 aliphatic rings. The summed E-state index contributed by atoms with van der Waals surface area (Å²) < 4.78 is 5.17. The molecular formula is C15H17ClN2O4. The van der Waals surface area contributed by atoms with Crippen LogP contribution in [-0.4, -0.2) is 16.6 Å². The van der Waals surface area contributed by atoms with Gasteiger partial charge in [0.2, 0.25) is 0 Å². The predicted molar refractivity (Wildman–Crippen MR) is 84.3 cm³/mol. The second-order valence-corrected chi connectivity index (χ2v) is 5.58.